The minimum Gasteiger partial charge on any atom is -0.357 e. The molecular formula is C13H23IN4O2S. The molecule has 0 amide bonds. The van der Waals surface area contributed by atoms with Crippen LogP contribution in [0.5, 0.6) is 0 Å². The minimum atomic E-state index is -3.67. The lowest BCUT2D eigenvalue weighted by atomic mass is 10.2. The van der Waals surface area contributed by atoms with E-state index in [9.17, 15) is 8.42 Å². The summed E-state index contributed by atoms with van der Waals surface area (Å²) in [5.74, 6) is 0.698. The Kier molecular flexibility index (Phi) is 8.83. The van der Waals surface area contributed by atoms with Crippen molar-refractivity contribution >= 4 is 40.0 Å². The van der Waals surface area contributed by atoms with Crippen LogP contribution in [0.15, 0.2) is 34.2 Å². The number of aliphatic imine (C=N–C) groups is 1. The number of primary sulfonamides is 1. The Hall–Kier alpha value is -0.870. The largest absolute Gasteiger partial charge is 0.357 e. The number of nitrogens with zero attached hydrogens (tertiary/aromatic N) is 1. The first-order valence-corrected chi connectivity index (χ1v) is 8.04. The highest BCUT2D eigenvalue weighted by molar-refractivity contribution is 14.0. The van der Waals surface area contributed by atoms with E-state index in [1.807, 2.05) is 26.8 Å². The van der Waals surface area contributed by atoms with Gasteiger partial charge in [0, 0.05) is 12.6 Å². The van der Waals surface area contributed by atoms with Gasteiger partial charge in [0.05, 0.1) is 11.4 Å². The normalized spacial score (nSPS) is 12.0. The number of sulfonamides is 1. The summed E-state index contributed by atoms with van der Waals surface area (Å²) in [6.45, 7) is 7.17. The summed E-state index contributed by atoms with van der Waals surface area (Å²) in [7, 11) is -3.67. The van der Waals surface area contributed by atoms with Crippen molar-refractivity contribution in [2.45, 2.75) is 38.3 Å². The Bertz CT molecular complexity index is 573. The van der Waals surface area contributed by atoms with E-state index in [4.69, 9.17) is 5.14 Å². The molecule has 0 saturated heterocycles. The lowest BCUT2D eigenvalue weighted by molar-refractivity contribution is 0.597. The third-order valence-electron chi connectivity index (χ3n) is 2.42. The van der Waals surface area contributed by atoms with Gasteiger partial charge in [0.2, 0.25) is 10.0 Å². The van der Waals surface area contributed by atoms with Crippen LogP contribution in [0.3, 0.4) is 0 Å². The summed E-state index contributed by atoms with van der Waals surface area (Å²) in [5, 5.41) is 11.4. The number of rotatable bonds is 5. The van der Waals surface area contributed by atoms with Crippen LogP contribution in [0.2, 0.25) is 0 Å². The lowest BCUT2D eigenvalue weighted by Gasteiger charge is -2.14. The Morgan fingerprint density at radius 3 is 2.57 bits per heavy atom. The second-order valence-electron chi connectivity index (χ2n) is 4.69. The van der Waals surface area contributed by atoms with Crippen molar-refractivity contribution in [2.24, 2.45) is 10.1 Å². The predicted octanol–water partition coefficient (Wildman–Crippen LogP) is 1.42. The molecule has 0 aromatic heterocycles. The fourth-order valence-electron chi connectivity index (χ4n) is 1.58. The van der Waals surface area contributed by atoms with E-state index in [0.29, 0.717) is 12.5 Å². The van der Waals surface area contributed by atoms with Crippen LogP contribution < -0.4 is 15.8 Å². The summed E-state index contributed by atoms with van der Waals surface area (Å²) >= 11 is 0. The summed E-state index contributed by atoms with van der Waals surface area (Å²) in [5.41, 5.74) is 0.789. The van der Waals surface area contributed by atoms with Crippen LogP contribution in [-0.2, 0) is 16.6 Å². The van der Waals surface area contributed by atoms with E-state index in [-0.39, 0.29) is 34.9 Å². The molecule has 1 aromatic rings. The fourth-order valence-corrected chi connectivity index (χ4v) is 2.17. The van der Waals surface area contributed by atoms with E-state index in [1.54, 1.807) is 6.07 Å². The maximum atomic E-state index is 11.3. The third kappa shape index (κ3) is 7.63. The molecule has 0 heterocycles. The molecule has 1 rings (SSSR count). The number of halogens is 1. The molecular weight excluding hydrogens is 403 g/mol. The van der Waals surface area contributed by atoms with Gasteiger partial charge >= 0.3 is 0 Å². The second kappa shape index (κ2) is 9.21. The smallest absolute Gasteiger partial charge is 0.238 e. The van der Waals surface area contributed by atoms with Crippen molar-refractivity contribution < 1.29 is 8.42 Å². The maximum absolute atomic E-state index is 11.3. The zero-order valence-corrected chi connectivity index (χ0v) is 15.6. The molecule has 120 valence electrons. The fraction of sp³-hybridized carbons (Fsp3) is 0.462. The standard InChI is InChI=1S/C13H22N4O2S.HI/c1-4-15-13(17-10(2)3)16-9-11-6-5-7-12(8-11)20(14,18)19;/h5-8,10H,4,9H2,1-3H3,(H2,14,18,19)(H2,15,16,17);1H. The molecule has 0 atom stereocenters. The van der Waals surface area contributed by atoms with Crippen LogP contribution in [0.25, 0.3) is 0 Å². The Balaban J connectivity index is 0.00000400. The first kappa shape index (κ1) is 20.1. The molecule has 0 aliphatic rings. The van der Waals surface area contributed by atoms with Gasteiger partial charge < -0.3 is 10.6 Å². The SMILES string of the molecule is CCNC(=NCc1cccc(S(N)(=O)=O)c1)NC(C)C.I. The van der Waals surface area contributed by atoms with Gasteiger partial charge in [-0.1, -0.05) is 12.1 Å². The predicted molar refractivity (Wildman–Crippen MR) is 96.3 cm³/mol. The van der Waals surface area contributed by atoms with Crippen molar-refractivity contribution in [3.63, 3.8) is 0 Å². The number of guanidine groups is 1. The number of nitrogens with one attached hydrogen (secondary N) is 2. The molecule has 21 heavy (non-hydrogen) atoms. The molecule has 0 unspecified atom stereocenters. The van der Waals surface area contributed by atoms with Crippen molar-refractivity contribution in [3.05, 3.63) is 29.8 Å². The number of benzene rings is 1. The quantitative estimate of drug-likeness (QED) is 0.377. The molecule has 0 saturated carbocycles. The topological polar surface area (TPSA) is 96.6 Å². The van der Waals surface area contributed by atoms with Crippen LogP contribution >= 0.6 is 24.0 Å². The number of nitrogens with two attached hydrogens (primary N) is 1. The van der Waals surface area contributed by atoms with Crippen LogP contribution in [0.4, 0.5) is 0 Å². The van der Waals surface area contributed by atoms with Gasteiger partial charge in [-0.2, -0.15) is 0 Å². The van der Waals surface area contributed by atoms with Crippen molar-refractivity contribution in [1.29, 1.82) is 0 Å². The Labute approximate surface area is 143 Å². The van der Waals surface area contributed by atoms with Gasteiger partial charge in [-0.15, -0.1) is 24.0 Å². The van der Waals surface area contributed by atoms with Gasteiger partial charge in [-0.25, -0.2) is 18.5 Å². The first-order valence-electron chi connectivity index (χ1n) is 6.49. The van der Waals surface area contributed by atoms with Gasteiger partial charge in [-0.3, -0.25) is 0 Å². The van der Waals surface area contributed by atoms with Crippen molar-refractivity contribution in [2.75, 3.05) is 6.54 Å². The number of hydrogen-bond acceptors (Lipinski definition) is 3. The Morgan fingerprint density at radius 2 is 2.05 bits per heavy atom. The summed E-state index contributed by atoms with van der Waals surface area (Å²) < 4.78 is 22.6. The van der Waals surface area contributed by atoms with Crippen molar-refractivity contribution in [3.8, 4) is 0 Å². The molecule has 1 aromatic carbocycles. The lowest BCUT2D eigenvalue weighted by Crippen LogP contribution is -2.41. The van der Waals surface area contributed by atoms with Gasteiger partial charge in [0.25, 0.3) is 0 Å². The van der Waals surface area contributed by atoms with E-state index >= 15 is 0 Å². The minimum absolute atomic E-state index is 0. The van der Waals surface area contributed by atoms with Crippen LogP contribution in [-0.4, -0.2) is 27.0 Å². The highest BCUT2D eigenvalue weighted by Gasteiger charge is 2.07. The Morgan fingerprint density at radius 1 is 1.38 bits per heavy atom. The van der Waals surface area contributed by atoms with Crippen molar-refractivity contribution in [1.82, 2.24) is 10.6 Å². The molecule has 0 bridgehead atoms. The van der Waals surface area contributed by atoms with Gasteiger partial charge in [0.15, 0.2) is 5.96 Å². The highest BCUT2D eigenvalue weighted by atomic mass is 127. The van der Waals surface area contributed by atoms with E-state index < -0.39 is 10.0 Å². The van der Waals surface area contributed by atoms with E-state index in [0.717, 1.165) is 12.1 Å². The summed E-state index contributed by atoms with van der Waals surface area (Å²) in [6.07, 6.45) is 0. The monoisotopic (exact) mass is 426 g/mol. The molecule has 0 radical (unpaired) electrons. The summed E-state index contributed by atoms with van der Waals surface area (Å²) in [4.78, 5) is 4.51. The molecule has 8 heteroatoms. The molecule has 0 fully saturated rings. The molecule has 6 nitrogen and oxygen atoms in total. The molecule has 4 N–H and O–H groups in total. The third-order valence-corrected chi connectivity index (χ3v) is 3.33. The second-order valence-corrected chi connectivity index (χ2v) is 6.25. The van der Waals surface area contributed by atoms with Crippen LogP contribution in [0, 0.1) is 0 Å². The maximum Gasteiger partial charge on any atom is 0.238 e. The summed E-state index contributed by atoms with van der Waals surface area (Å²) in [6, 6.07) is 6.76. The molecule has 0 aliphatic carbocycles. The van der Waals surface area contributed by atoms with E-state index in [2.05, 4.69) is 15.6 Å². The highest BCUT2D eigenvalue weighted by Crippen LogP contribution is 2.10. The van der Waals surface area contributed by atoms with Crippen LogP contribution in [0.1, 0.15) is 26.3 Å². The van der Waals surface area contributed by atoms with Gasteiger partial charge in [0.1, 0.15) is 0 Å². The number of hydrogen-bond donors (Lipinski definition) is 3. The molecule has 0 aliphatic heterocycles. The van der Waals surface area contributed by atoms with Gasteiger partial charge in [-0.05, 0) is 38.5 Å². The average Bonchev–Trinajstić information content (AvgIpc) is 2.35. The zero-order valence-electron chi connectivity index (χ0n) is 12.5. The molecule has 0 spiro atoms. The average molecular weight is 426 g/mol. The van der Waals surface area contributed by atoms with E-state index in [1.165, 1.54) is 12.1 Å². The zero-order chi connectivity index (χ0) is 15.2. The first-order chi connectivity index (χ1) is 9.32.